The molecule has 31 heavy (non-hydrogen) atoms. The smallest absolute Gasteiger partial charge is 0.186 e. The molecule has 0 heterocycles. The Bertz CT molecular complexity index is 905. The first kappa shape index (κ1) is 25.1. The molecule has 0 atom stereocenters. The van der Waals surface area contributed by atoms with Gasteiger partial charge >= 0.3 is 0 Å². The lowest BCUT2D eigenvalue weighted by atomic mass is 9.72. The number of carbonyl (C=O) groups is 1. The van der Waals surface area contributed by atoms with Crippen molar-refractivity contribution in [2.45, 2.75) is 93.9 Å². The zero-order valence-corrected chi connectivity index (χ0v) is 21.6. The second-order valence-electron chi connectivity index (χ2n) is 12.9. The summed E-state index contributed by atoms with van der Waals surface area (Å²) in [5.41, 5.74) is 3.46. The molecule has 3 heteroatoms. The standard InChI is InChI=1S/C28H40NO2/c1-25(2,3)19-13-17(14-20(23(19)30)26(4,5)6)29-18-15-21(27(7,8)9)24(31)22(16-18)28(10,11)12/h13-16H,1-12H3. The second kappa shape index (κ2) is 7.76. The van der Waals surface area contributed by atoms with Crippen molar-refractivity contribution in [1.29, 1.82) is 0 Å². The zero-order valence-electron chi connectivity index (χ0n) is 21.6. The molecule has 0 saturated carbocycles. The first-order chi connectivity index (χ1) is 13.7. The van der Waals surface area contributed by atoms with E-state index in [4.69, 9.17) is 4.99 Å². The molecule has 0 amide bonds. The van der Waals surface area contributed by atoms with Gasteiger partial charge in [-0.3, -0.25) is 9.90 Å². The second-order valence-corrected chi connectivity index (χ2v) is 12.9. The van der Waals surface area contributed by atoms with Gasteiger partial charge in [-0.05, 0) is 45.9 Å². The third-order valence-corrected chi connectivity index (χ3v) is 5.64. The Morgan fingerprint density at radius 2 is 0.968 bits per heavy atom. The average molecular weight is 423 g/mol. The summed E-state index contributed by atoms with van der Waals surface area (Å²) < 4.78 is 0. The number of hydrogen-bond donors (Lipinski definition) is 0. The van der Waals surface area contributed by atoms with Gasteiger partial charge in [0.15, 0.2) is 11.5 Å². The van der Waals surface area contributed by atoms with Crippen LogP contribution in [0.5, 0.6) is 5.75 Å². The van der Waals surface area contributed by atoms with E-state index in [0.717, 1.165) is 33.7 Å². The summed E-state index contributed by atoms with van der Waals surface area (Å²) in [5.74, 6) is 0.194. The molecule has 169 valence electrons. The Labute approximate surface area is 189 Å². The maximum atomic E-state index is 13.2. The quantitative estimate of drug-likeness (QED) is 0.423. The summed E-state index contributed by atoms with van der Waals surface area (Å²) in [6, 6.07) is 3.83. The highest BCUT2D eigenvalue weighted by atomic mass is 16.3. The van der Waals surface area contributed by atoms with E-state index in [9.17, 15) is 9.90 Å². The van der Waals surface area contributed by atoms with Crippen LogP contribution in [0.4, 0.5) is 5.69 Å². The van der Waals surface area contributed by atoms with Crippen molar-refractivity contribution in [3.63, 3.8) is 0 Å². The van der Waals surface area contributed by atoms with Gasteiger partial charge in [-0.25, -0.2) is 4.99 Å². The maximum Gasteiger partial charge on any atom is 0.186 e. The molecule has 0 aliphatic heterocycles. The van der Waals surface area contributed by atoms with Gasteiger partial charge in [-0.2, -0.15) is 0 Å². The van der Waals surface area contributed by atoms with Crippen LogP contribution in [0.2, 0.25) is 0 Å². The van der Waals surface area contributed by atoms with Crippen molar-refractivity contribution in [2.24, 2.45) is 15.8 Å². The maximum absolute atomic E-state index is 13.2. The van der Waals surface area contributed by atoms with Crippen molar-refractivity contribution in [2.75, 3.05) is 0 Å². The molecule has 1 aliphatic rings. The Morgan fingerprint density at radius 1 is 0.613 bits per heavy atom. The molecule has 0 bridgehead atoms. The van der Waals surface area contributed by atoms with Crippen molar-refractivity contribution < 1.29 is 9.90 Å². The van der Waals surface area contributed by atoms with E-state index < -0.39 is 0 Å². The number of carbonyl (C=O) groups excluding carboxylic acids is 1. The summed E-state index contributed by atoms with van der Waals surface area (Å²) in [5, 5.41) is 13.2. The molecule has 2 rings (SSSR count). The van der Waals surface area contributed by atoms with Crippen LogP contribution in [0.1, 0.15) is 94.2 Å². The van der Waals surface area contributed by atoms with Gasteiger partial charge in [0, 0.05) is 22.3 Å². The van der Waals surface area contributed by atoms with Gasteiger partial charge in [-0.1, -0.05) is 83.1 Å². The highest BCUT2D eigenvalue weighted by Gasteiger charge is 2.34. The van der Waals surface area contributed by atoms with Gasteiger partial charge in [-0.15, -0.1) is 0 Å². The summed E-state index contributed by atoms with van der Waals surface area (Å²) in [7, 11) is 0. The van der Waals surface area contributed by atoms with Gasteiger partial charge in [0.05, 0.1) is 11.4 Å². The van der Waals surface area contributed by atoms with Crippen LogP contribution in [0.3, 0.4) is 0 Å². The summed E-state index contributed by atoms with van der Waals surface area (Å²) in [6.07, 6.45) is 3.83. The molecule has 1 aromatic carbocycles. The number of rotatable bonds is 1. The lowest BCUT2D eigenvalue weighted by Gasteiger charge is -2.31. The number of allylic oxidation sites excluding steroid dienone is 4. The molecule has 0 saturated heterocycles. The Morgan fingerprint density at radius 3 is 1.26 bits per heavy atom. The fourth-order valence-electron chi connectivity index (χ4n) is 3.73. The minimum absolute atomic E-state index is 0.0969. The zero-order chi connectivity index (χ0) is 24.2. The molecule has 0 spiro atoms. The van der Waals surface area contributed by atoms with Crippen LogP contribution >= 0.6 is 0 Å². The molecule has 1 radical (unpaired) electrons. The molecule has 0 N–H and O–H groups in total. The van der Waals surface area contributed by atoms with E-state index >= 15 is 0 Å². The van der Waals surface area contributed by atoms with Gasteiger partial charge < -0.3 is 0 Å². The van der Waals surface area contributed by atoms with Crippen LogP contribution in [-0.2, 0) is 20.7 Å². The molecule has 0 aromatic heterocycles. The fourth-order valence-corrected chi connectivity index (χ4v) is 3.73. The highest BCUT2D eigenvalue weighted by molar-refractivity contribution is 6.23. The molecule has 1 aliphatic carbocycles. The topological polar surface area (TPSA) is 49.3 Å². The van der Waals surface area contributed by atoms with Gasteiger partial charge in [0.1, 0.15) is 0 Å². The normalized spacial score (nSPS) is 16.3. The SMILES string of the molecule is CC(C)(C)C1=CC(=Nc2cc(C(C)(C)C)c([O])c(C(C)(C)C)c2)C=C(C(C)(C)C)C1=O. The number of hydrogen-bond acceptors (Lipinski definition) is 2. The van der Waals surface area contributed by atoms with Crippen molar-refractivity contribution >= 4 is 17.2 Å². The van der Waals surface area contributed by atoms with Gasteiger partial charge in [0.25, 0.3) is 0 Å². The Hall–Kier alpha value is -2.16. The monoisotopic (exact) mass is 422 g/mol. The van der Waals surface area contributed by atoms with Crippen LogP contribution in [0, 0.1) is 10.8 Å². The first-order valence-corrected chi connectivity index (χ1v) is 11.2. The number of Topliss-reactive ketones (excluding diaryl/α,β-unsaturated/α-hetero) is 1. The fraction of sp³-hybridized carbons (Fsp3) is 0.571. The summed E-state index contributed by atoms with van der Waals surface area (Å²) in [6.45, 7) is 24.7. The number of benzene rings is 1. The van der Waals surface area contributed by atoms with E-state index in [2.05, 4.69) is 83.1 Å². The highest BCUT2D eigenvalue weighted by Crippen LogP contribution is 2.43. The van der Waals surface area contributed by atoms with E-state index in [-0.39, 0.29) is 33.2 Å². The molecule has 0 unspecified atom stereocenters. The van der Waals surface area contributed by atoms with Crippen LogP contribution in [0.15, 0.2) is 40.4 Å². The molecular formula is C28H40NO2. The first-order valence-electron chi connectivity index (χ1n) is 11.2. The molecular weight excluding hydrogens is 382 g/mol. The lowest BCUT2D eigenvalue weighted by Crippen LogP contribution is -2.29. The van der Waals surface area contributed by atoms with Gasteiger partial charge in [0.2, 0.25) is 0 Å². The Kier molecular flexibility index (Phi) is 6.28. The predicted octanol–water partition coefficient (Wildman–Crippen LogP) is 8.03. The van der Waals surface area contributed by atoms with E-state index in [1.54, 1.807) is 0 Å². The molecule has 1 aromatic rings. The number of nitrogens with zero attached hydrogens (tertiary/aromatic N) is 1. The largest absolute Gasteiger partial charge is 0.289 e. The van der Waals surface area contributed by atoms with Crippen molar-refractivity contribution in [1.82, 2.24) is 0 Å². The summed E-state index contributed by atoms with van der Waals surface area (Å²) >= 11 is 0. The minimum atomic E-state index is -0.283. The molecule has 3 nitrogen and oxygen atoms in total. The lowest BCUT2D eigenvalue weighted by molar-refractivity contribution is -0.114. The van der Waals surface area contributed by atoms with Crippen LogP contribution in [0.25, 0.3) is 0 Å². The summed E-state index contributed by atoms with van der Waals surface area (Å²) in [4.78, 5) is 18.1. The number of ketones is 1. The Balaban J connectivity index is 2.81. The van der Waals surface area contributed by atoms with E-state index in [0.29, 0.717) is 0 Å². The third-order valence-electron chi connectivity index (χ3n) is 5.64. The van der Waals surface area contributed by atoms with Crippen molar-refractivity contribution in [3.05, 3.63) is 46.6 Å². The average Bonchev–Trinajstić information content (AvgIpc) is 2.53. The van der Waals surface area contributed by atoms with Crippen LogP contribution in [-0.4, -0.2) is 11.5 Å². The van der Waals surface area contributed by atoms with E-state index in [1.165, 1.54) is 0 Å². The minimum Gasteiger partial charge on any atom is -0.289 e. The third kappa shape index (κ3) is 5.56. The van der Waals surface area contributed by atoms with Crippen LogP contribution < -0.4 is 0 Å². The van der Waals surface area contributed by atoms with E-state index in [1.807, 2.05) is 24.3 Å². The van der Waals surface area contributed by atoms with Crippen molar-refractivity contribution in [3.8, 4) is 5.75 Å². The molecule has 0 fully saturated rings. The number of aliphatic imine (C=N–C) groups is 1. The predicted molar refractivity (Wildman–Crippen MR) is 131 cm³/mol.